The lowest BCUT2D eigenvalue weighted by Crippen LogP contribution is -2.32. The molecule has 2 unspecified atom stereocenters. The molecule has 0 saturated carbocycles. The van der Waals surface area contributed by atoms with Gasteiger partial charge in [0.1, 0.15) is 5.01 Å². The van der Waals surface area contributed by atoms with E-state index in [0.29, 0.717) is 5.92 Å². The van der Waals surface area contributed by atoms with Crippen molar-refractivity contribution in [3.8, 4) is 0 Å². The van der Waals surface area contributed by atoms with Gasteiger partial charge < -0.3 is 9.72 Å². The molecule has 1 aliphatic heterocycles. The van der Waals surface area contributed by atoms with Gasteiger partial charge in [-0.25, -0.2) is 0 Å². The van der Waals surface area contributed by atoms with Crippen LogP contribution in [0.2, 0.25) is 0 Å². The molecule has 1 fully saturated rings. The number of ether oxygens (including phenoxy) is 1. The van der Waals surface area contributed by atoms with Crippen LogP contribution in [0.3, 0.4) is 0 Å². The van der Waals surface area contributed by atoms with Crippen molar-refractivity contribution >= 4 is 15.9 Å². The molecule has 1 aromatic heterocycles. The van der Waals surface area contributed by atoms with Gasteiger partial charge in [0.05, 0.1) is 6.61 Å². The molecule has 0 amide bonds. The summed E-state index contributed by atoms with van der Waals surface area (Å²) in [5, 5.41) is 0.100. The van der Waals surface area contributed by atoms with Crippen LogP contribution in [0, 0.1) is 0 Å². The van der Waals surface area contributed by atoms with E-state index >= 15 is 0 Å². The first kappa shape index (κ1) is 8.01. The average Bonchev–Trinajstić information content (AvgIpc) is 2.06. The first-order valence-corrected chi connectivity index (χ1v) is 4.63. The monoisotopic (exact) mass is 229 g/mol. The molecule has 2 heterocycles. The number of hydrogen-bond donors (Lipinski definition) is 1. The summed E-state index contributed by atoms with van der Waals surface area (Å²) in [6.45, 7) is 0.724. The summed E-state index contributed by atoms with van der Waals surface area (Å²) in [5.74, 6) is 0.377. The van der Waals surface area contributed by atoms with E-state index in [1.54, 1.807) is 6.20 Å². The van der Waals surface area contributed by atoms with Gasteiger partial charge in [0, 0.05) is 18.2 Å². The Labute approximate surface area is 77.9 Å². The lowest BCUT2D eigenvalue weighted by Gasteiger charge is -2.32. The van der Waals surface area contributed by atoms with Crippen LogP contribution in [0.1, 0.15) is 11.5 Å². The number of rotatable bonds is 1. The van der Waals surface area contributed by atoms with Gasteiger partial charge in [0.25, 0.3) is 0 Å². The molecule has 0 bridgehead atoms. The topological polar surface area (TPSA) is 42.1 Å². The van der Waals surface area contributed by atoms with Crippen molar-refractivity contribution in [1.29, 1.82) is 0 Å². The molecule has 1 aliphatic rings. The summed E-state index contributed by atoms with van der Waals surface area (Å²) in [7, 11) is 0. The summed E-state index contributed by atoms with van der Waals surface area (Å²) >= 11 is 3.37. The molecule has 2 rings (SSSR count). The number of H-pyrrole nitrogens is 1. The third-order valence-corrected chi connectivity index (χ3v) is 2.89. The SMILES string of the molecule is O=c1ccc(C2COC2Br)c[nH]1. The standard InChI is InChI=1S/C8H8BrNO2/c9-8-6(4-12-8)5-1-2-7(11)10-3-5/h1-3,6,8H,4H2,(H,10,11). The molecule has 1 saturated heterocycles. The number of alkyl halides is 1. The minimum absolute atomic E-state index is 0.0647. The van der Waals surface area contributed by atoms with Crippen LogP contribution in [0.5, 0.6) is 0 Å². The molecule has 0 radical (unpaired) electrons. The number of hydrogen-bond acceptors (Lipinski definition) is 2. The van der Waals surface area contributed by atoms with Crippen molar-refractivity contribution in [1.82, 2.24) is 4.98 Å². The summed E-state index contributed by atoms with van der Waals surface area (Å²) in [5.41, 5.74) is 1.05. The second-order valence-corrected chi connectivity index (χ2v) is 3.68. The second-order valence-electron chi connectivity index (χ2n) is 2.78. The lowest BCUT2D eigenvalue weighted by atomic mass is 10.00. The third kappa shape index (κ3) is 1.32. The normalized spacial score (nSPS) is 28.1. The van der Waals surface area contributed by atoms with E-state index in [1.165, 1.54) is 6.07 Å². The maximum absolute atomic E-state index is 10.7. The Bertz CT molecular complexity index is 316. The first-order valence-electron chi connectivity index (χ1n) is 3.72. The zero-order chi connectivity index (χ0) is 8.55. The quantitative estimate of drug-likeness (QED) is 0.736. The van der Waals surface area contributed by atoms with E-state index in [4.69, 9.17) is 4.74 Å². The Morgan fingerprint density at radius 3 is 2.83 bits per heavy atom. The molecule has 2 atom stereocenters. The summed E-state index contributed by atoms with van der Waals surface area (Å²) in [4.78, 5) is 13.4. The van der Waals surface area contributed by atoms with Gasteiger partial charge in [0.2, 0.25) is 5.56 Å². The van der Waals surface area contributed by atoms with Crippen LogP contribution >= 0.6 is 15.9 Å². The van der Waals surface area contributed by atoms with E-state index in [0.717, 1.165) is 12.2 Å². The molecular weight excluding hydrogens is 222 g/mol. The fourth-order valence-electron chi connectivity index (χ4n) is 1.17. The van der Waals surface area contributed by atoms with Gasteiger partial charge in [-0.15, -0.1) is 0 Å². The Hall–Kier alpha value is -0.610. The zero-order valence-corrected chi connectivity index (χ0v) is 7.87. The summed E-state index contributed by atoms with van der Waals surface area (Å²) in [6, 6.07) is 3.37. The summed E-state index contributed by atoms with van der Waals surface area (Å²) < 4.78 is 5.15. The highest BCUT2D eigenvalue weighted by Crippen LogP contribution is 2.33. The number of halogens is 1. The van der Waals surface area contributed by atoms with Crippen molar-refractivity contribution in [3.63, 3.8) is 0 Å². The van der Waals surface area contributed by atoms with Crippen LogP contribution in [0.25, 0.3) is 0 Å². The van der Waals surface area contributed by atoms with Crippen LogP contribution in [0.4, 0.5) is 0 Å². The maximum Gasteiger partial charge on any atom is 0.247 e. The van der Waals surface area contributed by atoms with Gasteiger partial charge in [-0.3, -0.25) is 4.79 Å². The van der Waals surface area contributed by atoms with E-state index in [9.17, 15) is 4.79 Å². The van der Waals surface area contributed by atoms with Gasteiger partial charge in [-0.1, -0.05) is 22.0 Å². The number of aromatic nitrogens is 1. The van der Waals surface area contributed by atoms with E-state index < -0.39 is 0 Å². The fourth-order valence-corrected chi connectivity index (χ4v) is 1.78. The fraction of sp³-hybridized carbons (Fsp3) is 0.375. The number of nitrogens with one attached hydrogen (secondary N) is 1. The average molecular weight is 230 g/mol. The molecule has 3 nitrogen and oxygen atoms in total. The van der Waals surface area contributed by atoms with Crippen LogP contribution in [-0.4, -0.2) is 16.6 Å². The minimum Gasteiger partial charge on any atom is -0.365 e. The number of aromatic amines is 1. The van der Waals surface area contributed by atoms with Crippen molar-refractivity contribution < 1.29 is 4.74 Å². The molecule has 1 N–H and O–H groups in total. The van der Waals surface area contributed by atoms with Crippen LogP contribution in [-0.2, 0) is 4.74 Å². The third-order valence-electron chi connectivity index (χ3n) is 1.99. The van der Waals surface area contributed by atoms with Crippen molar-refractivity contribution in [2.75, 3.05) is 6.61 Å². The Morgan fingerprint density at radius 2 is 2.42 bits per heavy atom. The van der Waals surface area contributed by atoms with Gasteiger partial charge in [0.15, 0.2) is 0 Å². The van der Waals surface area contributed by atoms with Crippen molar-refractivity contribution in [2.45, 2.75) is 10.9 Å². The molecule has 4 heteroatoms. The molecular formula is C8H8BrNO2. The highest BCUT2D eigenvalue weighted by molar-refractivity contribution is 9.09. The molecule has 0 aromatic carbocycles. The summed E-state index contributed by atoms with van der Waals surface area (Å²) in [6.07, 6.45) is 1.74. The predicted molar refractivity (Wildman–Crippen MR) is 48.5 cm³/mol. The zero-order valence-electron chi connectivity index (χ0n) is 6.29. The largest absolute Gasteiger partial charge is 0.365 e. The molecule has 64 valence electrons. The molecule has 1 aromatic rings. The lowest BCUT2D eigenvalue weighted by molar-refractivity contribution is -0.0136. The predicted octanol–water partition coefficient (Wildman–Crippen LogP) is 1.21. The van der Waals surface area contributed by atoms with Crippen molar-refractivity contribution in [2.24, 2.45) is 0 Å². The smallest absolute Gasteiger partial charge is 0.247 e. The Morgan fingerprint density at radius 1 is 1.58 bits per heavy atom. The molecule has 0 aliphatic carbocycles. The van der Waals surface area contributed by atoms with E-state index in [2.05, 4.69) is 20.9 Å². The van der Waals surface area contributed by atoms with Crippen molar-refractivity contribution in [3.05, 3.63) is 34.2 Å². The van der Waals surface area contributed by atoms with Crippen LogP contribution in [0.15, 0.2) is 23.1 Å². The van der Waals surface area contributed by atoms with Gasteiger partial charge in [-0.2, -0.15) is 0 Å². The highest BCUT2D eigenvalue weighted by atomic mass is 79.9. The Kier molecular flexibility index (Phi) is 2.02. The Balaban J connectivity index is 2.23. The highest BCUT2D eigenvalue weighted by Gasteiger charge is 2.30. The van der Waals surface area contributed by atoms with Gasteiger partial charge >= 0.3 is 0 Å². The molecule has 12 heavy (non-hydrogen) atoms. The first-order chi connectivity index (χ1) is 5.77. The minimum atomic E-state index is -0.0647. The van der Waals surface area contributed by atoms with E-state index in [-0.39, 0.29) is 10.6 Å². The maximum atomic E-state index is 10.7. The second kappa shape index (κ2) is 3.03. The van der Waals surface area contributed by atoms with Gasteiger partial charge in [-0.05, 0) is 5.56 Å². The van der Waals surface area contributed by atoms with Crippen LogP contribution < -0.4 is 5.56 Å². The molecule has 0 spiro atoms. The van der Waals surface area contributed by atoms with E-state index in [1.807, 2.05) is 6.07 Å². The number of pyridine rings is 1.